The summed E-state index contributed by atoms with van der Waals surface area (Å²) in [7, 11) is -0.0525. The molecule has 0 aromatic heterocycles. The van der Waals surface area contributed by atoms with Crippen molar-refractivity contribution in [3.05, 3.63) is 35.9 Å². The van der Waals surface area contributed by atoms with Crippen molar-refractivity contribution in [3.63, 3.8) is 0 Å². The molecule has 3 saturated heterocycles. The second kappa shape index (κ2) is 8.14. The molecule has 2 bridgehead atoms. The molecule has 2 atom stereocenters. The molecule has 0 N–H and O–H groups in total. The standard InChI is InChI=1S/C18H29N3O3S/c1-19(12-16-6-4-3-5-7-16)25(22,23)21-14-17-8-9-18(15-21)20(13-17)10-11-24-2/h3-7,17-18H,8-15H2,1-2H3/t17-,18-/m0/s1. The molecule has 0 radical (unpaired) electrons. The second-order valence-electron chi connectivity index (χ2n) is 7.15. The summed E-state index contributed by atoms with van der Waals surface area (Å²) in [5.74, 6) is 0.413. The van der Waals surface area contributed by atoms with E-state index < -0.39 is 10.2 Å². The Balaban J connectivity index is 1.70. The van der Waals surface area contributed by atoms with Gasteiger partial charge in [0, 0.05) is 52.9 Å². The molecular weight excluding hydrogens is 338 g/mol. The van der Waals surface area contributed by atoms with Crippen LogP contribution in [-0.4, -0.2) is 74.9 Å². The number of methoxy groups -OCH3 is 1. The van der Waals surface area contributed by atoms with Gasteiger partial charge in [-0.15, -0.1) is 0 Å². The fraction of sp³-hybridized carbons (Fsp3) is 0.667. The van der Waals surface area contributed by atoms with Crippen molar-refractivity contribution < 1.29 is 13.2 Å². The fourth-order valence-electron chi connectivity index (χ4n) is 3.93. The third-order valence-corrected chi connectivity index (χ3v) is 7.21. The van der Waals surface area contributed by atoms with E-state index in [9.17, 15) is 8.42 Å². The summed E-state index contributed by atoms with van der Waals surface area (Å²) in [5, 5.41) is 0. The summed E-state index contributed by atoms with van der Waals surface area (Å²) in [6.07, 6.45) is 2.19. The SMILES string of the molecule is COCCN1C[C@@H]2CC[C@H]1CN(S(=O)(=O)N(C)Cc1ccccc1)C2. The second-order valence-corrected chi connectivity index (χ2v) is 9.19. The molecule has 1 aromatic rings. The number of hydrogen-bond acceptors (Lipinski definition) is 4. The van der Waals surface area contributed by atoms with E-state index in [4.69, 9.17) is 4.74 Å². The first-order chi connectivity index (χ1) is 12.0. The highest BCUT2D eigenvalue weighted by molar-refractivity contribution is 7.86. The molecule has 0 spiro atoms. The van der Waals surface area contributed by atoms with Gasteiger partial charge in [0.05, 0.1) is 6.61 Å². The Morgan fingerprint density at radius 3 is 2.64 bits per heavy atom. The van der Waals surface area contributed by atoms with E-state index in [1.165, 1.54) is 4.31 Å². The molecule has 0 aliphatic carbocycles. The van der Waals surface area contributed by atoms with Crippen LogP contribution in [0.15, 0.2) is 30.3 Å². The Hall–Kier alpha value is -0.990. The van der Waals surface area contributed by atoms with Crippen molar-refractivity contribution >= 4 is 10.2 Å². The van der Waals surface area contributed by atoms with Crippen molar-refractivity contribution in [2.75, 3.05) is 46.9 Å². The van der Waals surface area contributed by atoms with Crippen LogP contribution < -0.4 is 0 Å². The number of piperidine rings is 1. The van der Waals surface area contributed by atoms with Crippen molar-refractivity contribution in [1.29, 1.82) is 0 Å². The summed E-state index contributed by atoms with van der Waals surface area (Å²) in [5.41, 5.74) is 1.01. The lowest BCUT2D eigenvalue weighted by Gasteiger charge is -2.35. The van der Waals surface area contributed by atoms with E-state index in [0.29, 0.717) is 38.2 Å². The minimum atomic E-state index is -3.44. The maximum Gasteiger partial charge on any atom is 0.282 e. The van der Waals surface area contributed by atoms with E-state index >= 15 is 0 Å². The van der Waals surface area contributed by atoms with Crippen molar-refractivity contribution in [2.24, 2.45) is 5.92 Å². The highest BCUT2D eigenvalue weighted by Crippen LogP contribution is 2.29. The van der Waals surface area contributed by atoms with E-state index in [-0.39, 0.29) is 0 Å². The molecule has 0 saturated carbocycles. The van der Waals surface area contributed by atoms with Gasteiger partial charge in [0.2, 0.25) is 0 Å². The fourth-order valence-corrected chi connectivity index (χ4v) is 5.39. The third-order valence-electron chi connectivity index (χ3n) is 5.34. The topological polar surface area (TPSA) is 53.1 Å². The quantitative estimate of drug-likeness (QED) is 0.731. The van der Waals surface area contributed by atoms with Gasteiger partial charge in [-0.2, -0.15) is 17.0 Å². The first-order valence-corrected chi connectivity index (χ1v) is 10.4. The van der Waals surface area contributed by atoms with Crippen molar-refractivity contribution in [1.82, 2.24) is 13.5 Å². The zero-order chi connectivity index (χ0) is 17.9. The molecule has 1 aromatic carbocycles. The van der Waals surface area contributed by atoms with Crippen LogP contribution in [-0.2, 0) is 21.5 Å². The predicted molar refractivity (Wildman–Crippen MR) is 98.4 cm³/mol. The Morgan fingerprint density at radius 2 is 1.92 bits per heavy atom. The van der Waals surface area contributed by atoms with Gasteiger partial charge in [-0.25, -0.2) is 0 Å². The van der Waals surface area contributed by atoms with Crippen LogP contribution in [0.3, 0.4) is 0 Å². The Kier molecular flexibility index (Phi) is 6.12. The average molecular weight is 368 g/mol. The summed E-state index contributed by atoms with van der Waals surface area (Å²) in [6.45, 7) is 4.17. The van der Waals surface area contributed by atoms with Gasteiger partial charge < -0.3 is 4.74 Å². The third kappa shape index (κ3) is 4.41. The molecule has 3 aliphatic rings. The monoisotopic (exact) mass is 367 g/mol. The number of benzene rings is 1. The minimum Gasteiger partial charge on any atom is -0.383 e. The van der Waals surface area contributed by atoms with Crippen molar-refractivity contribution in [3.8, 4) is 0 Å². The lowest BCUT2D eigenvalue weighted by atomic mass is 9.95. The maximum atomic E-state index is 13.1. The van der Waals surface area contributed by atoms with Gasteiger partial charge in [-0.3, -0.25) is 4.90 Å². The maximum absolute atomic E-state index is 13.1. The average Bonchev–Trinajstić information content (AvgIpc) is 2.93. The molecular formula is C18H29N3O3S. The minimum absolute atomic E-state index is 0.300. The van der Waals surface area contributed by atoms with Crippen LogP contribution in [0.1, 0.15) is 18.4 Å². The normalized spacial score (nSPS) is 25.4. The lowest BCUT2D eigenvalue weighted by Crippen LogP contribution is -2.47. The van der Waals surface area contributed by atoms with Crippen molar-refractivity contribution in [2.45, 2.75) is 25.4 Å². The molecule has 3 aliphatic heterocycles. The van der Waals surface area contributed by atoms with Gasteiger partial charge in [0.25, 0.3) is 10.2 Å². The van der Waals surface area contributed by atoms with Crippen LogP contribution in [0.2, 0.25) is 0 Å². The zero-order valence-electron chi connectivity index (χ0n) is 15.2. The van der Waals surface area contributed by atoms with E-state index in [2.05, 4.69) is 4.90 Å². The molecule has 6 nitrogen and oxygen atoms in total. The Morgan fingerprint density at radius 1 is 1.16 bits per heavy atom. The number of rotatable bonds is 7. The van der Waals surface area contributed by atoms with E-state index in [0.717, 1.165) is 31.5 Å². The number of fused-ring (bicyclic) bond motifs is 4. The van der Waals surface area contributed by atoms with Gasteiger partial charge in [0.15, 0.2) is 0 Å². The van der Waals surface area contributed by atoms with E-state index in [1.54, 1.807) is 18.5 Å². The van der Waals surface area contributed by atoms with Crippen LogP contribution in [0.5, 0.6) is 0 Å². The molecule has 25 heavy (non-hydrogen) atoms. The molecule has 7 heteroatoms. The highest BCUT2D eigenvalue weighted by Gasteiger charge is 2.39. The van der Waals surface area contributed by atoms with Gasteiger partial charge in [0.1, 0.15) is 0 Å². The summed E-state index contributed by atoms with van der Waals surface area (Å²) in [6, 6.07) is 10.0. The first-order valence-electron chi connectivity index (χ1n) is 8.99. The Bertz CT molecular complexity index is 653. The van der Waals surface area contributed by atoms with Gasteiger partial charge >= 0.3 is 0 Å². The number of nitrogens with zero attached hydrogens (tertiary/aromatic N) is 3. The largest absolute Gasteiger partial charge is 0.383 e. The Labute approximate surface area is 151 Å². The molecule has 4 rings (SSSR count). The first kappa shape index (κ1) is 18.8. The highest BCUT2D eigenvalue weighted by atomic mass is 32.2. The zero-order valence-corrected chi connectivity index (χ0v) is 16.0. The van der Waals surface area contributed by atoms with Crippen LogP contribution in [0.25, 0.3) is 0 Å². The molecule has 0 amide bonds. The molecule has 3 heterocycles. The predicted octanol–water partition coefficient (Wildman–Crippen LogP) is 1.41. The summed E-state index contributed by atoms with van der Waals surface area (Å²) in [4.78, 5) is 2.41. The van der Waals surface area contributed by atoms with E-state index in [1.807, 2.05) is 30.3 Å². The summed E-state index contributed by atoms with van der Waals surface area (Å²) < 4.78 is 34.6. The molecule has 140 valence electrons. The summed E-state index contributed by atoms with van der Waals surface area (Å²) >= 11 is 0. The van der Waals surface area contributed by atoms with Crippen LogP contribution >= 0.6 is 0 Å². The molecule has 0 unspecified atom stereocenters. The number of ether oxygens (including phenoxy) is 1. The smallest absolute Gasteiger partial charge is 0.282 e. The lowest BCUT2D eigenvalue weighted by molar-refractivity contribution is 0.0880. The van der Waals surface area contributed by atoms with Gasteiger partial charge in [-0.05, 0) is 24.3 Å². The van der Waals surface area contributed by atoms with Crippen LogP contribution in [0.4, 0.5) is 0 Å². The van der Waals surface area contributed by atoms with Gasteiger partial charge in [-0.1, -0.05) is 30.3 Å². The molecule has 3 fully saturated rings. The van der Waals surface area contributed by atoms with Crippen LogP contribution in [0, 0.1) is 5.92 Å². The number of hydrogen-bond donors (Lipinski definition) is 0.